The van der Waals surface area contributed by atoms with Gasteiger partial charge in [-0.2, -0.15) is 0 Å². The maximum Gasteiger partial charge on any atom is 0.178 e. The molecule has 20 heavy (non-hydrogen) atoms. The van der Waals surface area contributed by atoms with Gasteiger partial charge in [0.15, 0.2) is 9.84 Å². The molecule has 2 rings (SSSR count). The van der Waals surface area contributed by atoms with Gasteiger partial charge in [-0.05, 0) is 51.1 Å². The number of rotatable bonds is 4. The van der Waals surface area contributed by atoms with E-state index in [1.165, 1.54) is 25.0 Å². The molecule has 6 heteroatoms. The molecular weight excluding hydrogens is 296 g/mol. The highest BCUT2D eigenvalue weighted by Gasteiger charge is 2.23. The summed E-state index contributed by atoms with van der Waals surface area (Å²) >= 11 is 5.89. The molecule has 2 N–H and O–H groups in total. The van der Waals surface area contributed by atoms with Crippen LogP contribution in [0.2, 0.25) is 5.02 Å². The van der Waals surface area contributed by atoms with Gasteiger partial charge < -0.3 is 10.6 Å². The molecule has 1 aliphatic rings. The molecule has 0 spiro atoms. The van der Waals surface area contributed by atoms with Crippen LogP contribution in [0.5, 0.6) is 0 Å². The molecule has 1 heterocycles. The first-order chi connectivity index (χ1) is 9.40. The first-order valence-electron chi connectivity index (χ1n) is 6.88. The quantitative estimate of drug-likeness (QED) is 0.867. The van der Waals surface area contributed by atoms with Crippen molar-refractivity contribution >= 4 is 27.1 Å². The van der Waals surface area contributed by atoms with E-state index in [4.69, 9.17) is 17.3 Å². The SMILES string of the molecule is CN1CCCCC1CCS(=O)(=O)c1ccc(N)c(Cl)c1. The van der Waals surface area contributed by atoms with Crippen molar-refractivity contribution in [3.63, 3.8) is 0 Å². The Morgan fingerprint density at radius 2 is 2.15 bits per heavy atom. The van der Waals surface area contributed by atoms with Crippen LogP contribution in [-0.4, -0.2) is 38.7 Å². The van der Waals surface area contributed by atoms with Crippen LogP contribution < -0.4 is 5.73 Å². The molecule has 1 fully saturated rings. The highest BCUT2D eigenvalue weighted by Crippen LogP contribution is 2.25. The Bertz CT molecular complexity index is 575. The smallest absolute Gasteiger partial charge is 0.178 e. The van der Waals surface area contributed by atoms with Gasteiger partial charge in [-0.3, -0.25) is 0 Å². The summed E-state index contributed by atoms with van der Waals surface area (Å²) in [4.78, 5) is 2.52. The summed E-state index contributed by atoms with van der Waals surface area (Å²) in [6.45, 7) is 1.05. The van der Waals surface area contributed by atoms with Gasteiger partial charge in [-0.15, -0.1) is 0 Å². The fraction of sp³-hybridized carbons (Fsp3) is 0.571. The second-order valence-electron chi connectivity index (χ2n) is 5.42. The number of anilines is 1. The number of piperidine rings is 1. The van der Waals surface area contributed by atoms with Gasteiger partial charge in [-0.25, -0.2) is 8.42 Å². The minimum atomic E-state index is -3.29. The topological polar surface area (TPSA) is 63.4 Å². The van der Waals surface area contributed by atoms with Crippen molar-refractivity contribution in [1.82, 2.24) is 4.90 Å². The summed E-state index contributed by atoms with van der Waals surface area (Å²) < 4.78 is 24.7. The minimum absolute atomic E-state index is 0.155. The van der Waals surface area contributed by atoms with Crippen LogP contribution in [-0.2, 0) is 9.84 Å². The van der Waals surface area contributed by atoms with E-state index < -0.39 is 9.84 Å². The van der Waals surface area contributed by atoms with Gasteiger partial charge in [0.25, 0.3) is 0 Å². The number of hydrogen-bond acceptors (Lipinski definition) is 4. The van der Waals surface area contributed by atoms with Crippen molar-refractivity contribution in [2.75, 3.05) is 25.1 Å². The maximum atomic E-state index is 12.3. The van der Waals surface area contributed by atoms with Crippen LogP contribution in [0.3, 0.4) is 0 Å². The monoisotopic (exact) mass is 316 g/mol. The molecule has 1 unspecified atom stereocenters. The lowest BCUT2D eigenvalue weighted by molar-refractivity contribution is 0.181. The molecule has 0 aromatic heterocycles. The zero-order valence-corrected chi connectivity index (χ0v) is 13.3. The van der Waals surface area contributed by atoms with Crippen molar-refractivity contribution < 1.29 is 8.42 Å². The van der Waals surface area contributed by atoms with Crippen molar-refractivity contribution in [1.29, 1.82) is 0 Å². The van der Waals surface area contributed by atoms with Crippen molar-refractivity contribution in [2.45, 2.75) is 36.6 Å². The Morgan fingerprint density at radius 1 is 1.40 bits per heavy atom. The molecule has 0 aliphatic carbocycles. The largest absolute Gasteiger partial charge is 0.398 e. The zero-order chi connectivity index (χ0) is 14.8. The molecule has 1 atom stereocenters. The molecule has 0 saturated carbocycles. The Balaban J connectivity index is 2.05. The van der Waals surface area contributed by atoms with Gasteiger partial charge in [-0.1, -0.05) is 18.0 Å². The molecule has 1 aromatic carbocycles. The van der Waals surface area contributed by atoms with Crippen molar-refractivity contribution in [2.24, 2.45) is 0 Å². The molecule has 112 valence electrons. The summed E-state index contributed by atoms with van der Waals surface area (Å²) in [6.07, 6.45) is 4.13. The lowest BCUT2D eigenvalue weighted by Gasteiger charge is -2.32. The number of sulfone groups is 1. The second-order valence-corrected chi connectivity index (χ2v) is 7.94. The summed E-state index contributed by atoms with van der Waals surface area (Å²) in [7, 11) is -1.22. The third kappa shape index (κ3) is 3.65. The summed E-state index contributed by atoms with van der Waals surface area (Å²) in [5.41, 5.74) is 6.01. The lowest BCUT2D eigenvalue weighted by atomic mass is 10.0. The average Bonchev–Trinajstić information content (AvgIpc) is 2.41. The van der Waals surface area contributed by atoms with Crippen molar-refractivity contribution in [3.8, 4) is 0 Å². The van der Waals surface area contributed by atoms with Crippen LogP contribution >= 0.6 is 11.6 Å². The van der Waals surface area contributed by atoms with E-state index in [1.54, 1.807) is 6.07 Å². The van der Waals surface area contributed by atoms with E-state index in [0.29, 0.717) is 23.2 Å². The highest BCUT2D eigenvalue weighted by atomic mass is 35.5. The fourth-order valence-electron chi connectivity index (χ4n) is 2.62. The Labute approximate surface area is 125 Å². The Hall–Kier alpha value is -0.780. The van der Waals surface area contributed by atoms with Crippen molar-refractivity contribution in [3.05, 3.63) is 23.2 Å². The first-order valence-corrected chi connectivity index (χ1v) is 8.91. The molecule has 1 aromatic rings. The number of nitrogen functional groups attached to an aromatic ring is 1. The minimum Gasteiger partial charge on any atom is -0.398 e. The van der Waals surface area contributed by atoms with E-state index in [1.807, 2.05) is 0 Å². The number of halogens is 1. The molecule has 0 bridgehead atoms. The maximum absolute atomic E-state index is 12.3. The summed E-state index contributed by atoms with van der Waals surface area (Å²) in [5.74, 6) is 0.155. The highest BCUT2D eigenvalue weighted by molar-refractivity contribution is 7.91. The number of nitrogens with zero attached hydrogens (tertiary/aromatic N) is 1. The van der Waals surface area contributed by atoms with E-state index in [0.717, 1.165) is 13.0 Å². The third-order valence-corrected chi connectivity index (χ3v) is 6.05. The molecule has 0 radical (unpaired) electrons. The summed E-state index contributed by atoms with van der Waals surface area (Å²) in [5, 5.41) is 0.292. The third-order valence-electron chi connectivity index (χ3n) is 3.97. The number of benzene rings is 1. The Kier molecular flexibility index (Phi) is 4.94. The fourth-order valence-corrected chi connectivity index (χ4v) is 4.26. The number of hydrogen-bond donors (Lipinski definition) is 1. The normalized spacial score (nSPS) is 21.0. The van der Waals surface area contributed by atoms with Crippen LogP contribution in [0.4, 0.5) is 5.69 Å². The van der Waals surface area contributed by atoms with Gasteiger partial charge in [0.05, 0.1) is 21.4 Å². The van der Waals surface area contributed by atoms with Gasteiger partial charge in [0.1, 0.15) is 0 Å². The molecular formula is C14H21ClN2O2S. The molecule has 0 amide bonds. The molecule has 1 saturated heterocycles. The van der Waals surface area contributed by atoms with E-state index in [-0.39, 0.29) is 10.6 Å². The standard InChI is InChI=1S/C14H21ClN2O2S/c1-17-8-3-2-4-11(17)7-9-20(18,19)12-5-6-14(16)13(15)10-12/h5-6,10-11H,2-4,7-9,16H2,1H3. The van der Waals surface area contributed by atoms with Gasteiger partial charge in [0, 0.05) is 6.04 Å². The van der Waals surface area contributed by atoms with Crippen LogP contribution in [0, 0.1) is 0 Å². The average molecular weight is 317 g/mol. The predicted molar refractivity (Wildman–Crippen MR) is 82.8 cm³/mol. The zero-order valence-electron chi connectivity index (χ0n) is 11.7. The van der Waals surface area contributed by atoms with Gasteiger partial charge in [0.2, 0.25) is 0 Å². The van der Waals surface area contributed by atoms with Crippen LogP contribution in [0.1, 0.15) is 25.7 Å². The molecule has 4 nitrogen and oxygen atoms in total. The van der Waals surface area contributed by atoms with E-state index in [2.05, 4.69) is 11.9 Å². The second kappa shape index (κ2) is 6.33. The summed E-state index contributed by atoms with van der Waals surface area (Å²) in [6, 6.07) is 4.88. The van der Waals surface area contributed by atoms with Gasteiger partial charge >= 0.3 is 0 Å². The Morgan fingerprint density at radius 3 is 2.80 bits per heavy atom. The lowest BCUT2D eigenvalue weighted by Crippen LogP contribution is -2.37. The van der Waals surface area contributed by atoms with Crippen LogP contribution in [0.15, 0.2) is 23.1 Å². The van der Waals surface area contributed by atoms with E-state index >= 15 is 0 Å². The van der Waals surface area contributed by atoms with Crippen LogP contribution in [0.25, 0.3) is 0 Å². The number of likely N-dealkylation sites (tertiary alicyclic amines) is 1. The molecule has 1 aliphatic heterocycles. The predicted octanol–water partition coefficient (Wildman–Crippen LogP) is 2.57. The van der Waals surface area contributed by atoms with E-state index in [9.17, 15) is 8.42 Å². The first kappa shape index (κ1) is 15.6. The number of nitrogens with two attached hydrogens (primary N) is 1.